The van der Waals surface area contributed by atoms with Gasteiger partial charge in [0.1, 0.15) is 11.4 Å². The quantitative estimate of drug-likeness (QED) is 0.722. The molecule has 0 saturated carbocycles. The number of Topliss-reactive ketones (excluding diaryl/α,β-unsaturated/α-hetero) is 1. The van der Waals surface area contributed by atoms with Crippen molar-refractivity contribution in [2.45, 2.75) is 45.6 Å². The van der Waals surface area contributed by atoms with Crippen LogP contribution in [0.15, 0.2) is 59.4 Å². The number of rotatable bonds is 2. The average Bonchev–Trinajstić information content (AvgIpc) is 2.45. The molecule has 2 heteroatoms. The second-order valence-corrected chi connectivity index (χ2v) is 6.68. The Kier molecular flexibility index (Phi) is 3.56. The van der Waals surface area contributed by atoms with E-state index in [4.69, 9.17) is 4.74 Å². The highest BCUT2D eigenvalue weighted by Crippen LogP contribution is 2.43. The second-order valence-electron chi connectivity index (χ2n) is 6.68. The zero-order chi connectivity index (χ0) is 15.9. The van der Waals surface area contributed by atoms with Crippen LogP contribution in [0.25, 0.3) is 0 Å². The molecule has 0 radical (unpaired) electrons. The van der Waals surface area contributed by atoms with Gasteiger partial charge in [0.25, 0.3) is 0 Å². The monoisotopic (exact) mass is 294 g/mol. The molecule has 0 aromatic heterocycles. The number of ether oxygens (including phenoxy) is 1. The van der Waals surface area contributed by atoms with Crippen LogP contribution in [0, 0.1) is 0 Å². The van der Waals surface area contributed by atoms with Gasteiger partial charge in [-0.15, -0.1) is 0 Å². The fourth-order valence-corrected chi connectivity index (χ4v) is 3.41. The van der Waals surface area contributed by atoms with Crippen LogP contribution in [0.1, 0.15) is 56.0 Å². The van der Waals surface area contributed by atoms with Gasteiger partial charge in [-0.1, -0.05) is 30.3 Å². The van der Waals surface area contributed by atoms with Gasteiger partial charge in [-0.25, -0.2) is 0 Å². The summed E-state index contributed by atoms with van der Waals surface area (Å²) >= 11 is 0. The first-order valence-corrected chi connectivity index (χ1v) is 7.78. The van der Waals surface area contributed by atoms with E-state index in [-0.39, 0.29) is 11.4 Å². The highest BCUT2D eigenvalue weighted by molar-refractivity contribution is 5.94. The van der Waals surface area contributed by atoms with Crippen LogP contribution < -0.4 is 0 Å². The molecule has 0 N–H and O–H groups in total. The minimum absolute atomic E-state index is 0.105. The normalized spacial score (nSPS) is 22.7. The van der Waals surface area contributed by atoms with E-state index in [1.165, 1.54) is 16.7 Å². The smallest absolute Gasteiger partial charge is 0.159 e. The topological polar surface area (TPSA) is 26.3 Å². The molecule has 1 heterocycles. The molecular formula is C20H22O2. The van der Waals surface area contributed by atoms with E-state index in [1.54, 1.807) is 6.92 Å². The first kappa shape index (κ1) is 14.8. The summed E-state index contributed by atoms with van der Waals surface area (Å²) in [5.74, 6) is 1.39. The van der Waals surface area contributed by atoms with Crippen LogP contribution in [0.5, 0.6) is 0 Å². The van der Waals surface area contributed by atoms with E-state index in [1.807, 2.05) is 12.1 Å². The largest absolute Gasteiger partial charge is 0.483 e. The summed E-state index contributed by atoms with van der Waals surface area (Å²) in [6, 6.07) is 7.97. The number of ketones is 1. The summed E-state index contributed by atoms with van der Waals surface area (Å²) in [4.78, 5) is 11.4. The standard InChI is InChI=1S/C20H22O2/c1-13-12-20(3,4)22-18-7-5-6-17(19(13)18)16-10-8-15(9-11-16)14(2)21/h5,7-12,17H,6H2,1-4H3/t17-/m1/s1. The van der Waals surface area contributed by atoms with Crippen LogP contribution >= 0.6 is 0 Å². The van der Waals surface area contributed by atoms with Crippen LogP contribution in [-0.2, 0) is 4.74 Å². The molecular weight excluding hydrogens is 272 g/mol. The number of carbonyl (C=O) groups excluding carboxylic acids is 1. The number of allylic oxidation sites excluding steroid dienone is 4. The second kappa shape index (κ2) is 5.28. The van der Waals surface area contributed by atoms with E-state index >= 15 is 0 Å². The predicted octanol–water partition coefficient (Wildman–Crippen LogP) is 4.94. The van der Waals surface area contributed by atoms with Crippen molar-refractivity contribution in [3.05, 3.63) is 70.5 Å². The average molecular weight is 294 g/mol. The molecule has 2 aliphatic rings. The maximum Gasteiger partial charge on any atom is 0.159 e. The van der Waals surface area contributed by atoms with Crippen molar-refractivity contribution in [3.63, 3.8) is 0 Å². The molecule has 0 spiro atoms. The minimum atomic E-state index is -0.256. The third-order valence-corrected chi connectivity index (χ3v) is 4.34. The lowest BCUT2D eigenvalue weighted by atomic mass is 9.79. The Morgan fingerprint density at radius 2 is 1.91 bits per heavy atom. The molecule has 1 aromatic rings. The molecule has 22 heavy (non-hydrogen) atoms. The van der Waals surface area contributed by atoms with Crippen LogP contribution in [0.3, 0.4) is 0 Å². The Balaban J connectivity index is 1.99. The van der Waals surface area contributed by atoms with Crippen molar-refractivity contribution in [2.75, 3.05) is 0 Å². The summed E-state index contributed by atoms with van der Waals surface area (Å²) < 4.78 is 6.12. The summed E-state index contributed by atoms with van der Waals surface area (Å²) in [5.41, 5.74) is 4.30. The molecule has 0 bridgehead atoms. The van der Waals surface area contributed by atoms with E-state index in [0.717, 1.165) is 17.7 Å². The third kappa shape index (κ3) is 2.66. The van der Waals surface area contributed by atoms with Crippen LogP contribution in [-0.4, -0.2) is 11.4 Å². The third-order valence-electron chi connectivity index (χ3n) is 4.34. The SMILES string of the molecule is CC(=O)c1ccc([C@H]2CC=CC3=C2C(C)=CC(C)(C)O3)cc1. The molecule has 114 valence electrons. The fraction of sp³-hybridized carbons (Fsp3) is 0.350. The number of hydrogen-bond donors (Lipinski definition) is 0. The summed E-state index contributed by atoms with van der Waals surface area (Å²) in [7, 11) is 0. The van der Waals surface area contributed by atoms with Gasteiger partial charge in [0.2, 0.25) is 0 Å². The van der Waals surface area contributed by atoms with E-state index in [0.29, 0.717) is 5.92 Å². The number of benzene rings is 1. The molecule has 0 fully saturated rings. The molecule has 1 aromatic carbocycles. The maximum absolute atomic E-state index is 11.4. The van der Waals surface area contributed by atoms with Gasteiger partial charge in [0.15, 0.2) is 5.78 Å². The lowest BCUT2D eigenvalue weighted by Crippen LogP contribution is -2.28. The van der Waals surface area contributed by atoms with Crippen molar-refractivity contribution < 1.29 is 9.53 Å². The molecule has 2 nitrogen and oxygen atoms in total. The van der Waals surface area contributed by atoms with Crippen molar-refractivity contribution in [1.82, 2.24) is 0 Å². The Labute approximate surface area is 132 Å². The van der Waals surface area contributed by atoms with Gasteiger partial charge in [-0.2, -0.15) is 0 Å². The Hall–Kier alpha value is -2.09. The zero-order valence-corrected chi connectivity index (χ0v) is 13.6. The lowest BCUT2D eigenvalue weighted by Gasteiger charge is -2.36. The Morgan fingerprint density at radius 3 is 2.55 bits per heavy atom. The van der Waals surface area contributed by atoms with Gasteiger partial charge < -0.3 is 4.74 Å². The summed E-state index contributed by atoms with van der Waals surface area (Å²) in [6.07, 6.45) is 7.43. The summed E-state index contributed by atoms with van der Waals surface area (Å²) in [6.45, 7) is 7.93. The van der Waals surface area contributed by atoms with Gasteiger partial charge >= 0.3 is 0 Å². The van der Waals surface area contributed by atoms with Crippen LogP contribution in [0.2, 0.25) is 0 Å². The van der Waals surface area contributed by atoms with Gasteiger partial charge in [-0.3, -0.25) is 4.79 Å². The molecule has 3 rings (SSSR count). The molecule has 1 atom stereocenters. The van der Waals surface area contributed by atoms with E-state index in [2.05, 4.69) is 51.1 Å². The van der Waals surface area contributed by atoms with Crippen molar-refractivity contribution >= 4 is 5.78 Å². The van der Waals surface area contributed by atoms with E-state index < -0.39 is 0 Å². The van der Waals surface area contributed by atoms with Crippen molar-refractivity contribution in [1.29, 1.82) is 0 Å². The van der Waals surface area contributed by atoms with Crippen molar-refractivity contribution in [3.8, 4) is 0 Å². The number of carbonyl (C=O) groups is 1. The maximum atomic E-state index is 11.4. The Bertz CT molecular complexity index is 700. The highest BCUT2D eigenvalue weighted by atomic mass is 16.5. The van der Waals surface area contributed by atoms with Gasteiger partial charge in [-0.05, 0) is 57.4 Å². The molecule has 0 amide bonds. The fourth-order valence-electron chi connectivity index (χ4n) is 3.41. The van der Waals surface area contributed by atoms with E-state index in [9.17, 15) is 4.79 Å². The number of hydrogen-bond acceptors (Lipinski definition) is 2. The highest BCUT2D eigenvalue weighted by Gasteiger charge is 2.31. The first-order valence-electron chi connectivity index (χ1n) is 7.78. The molecule has 0 saturated heterocycles. The summed E-state index contributed by atoms with van der Waals surface area (Å²) in [5, 5.41) is 0. The van der Waals surface area contributed by atoms with Gasteiger partial charge in [0, 0.05) is 17.1 Å². The molecule has 1 aliphatic heterocycles. The zero-order valence-electron chi connectivity index (χ0n) is 13.6. The molecule has 0 unspecified atom stereocenters. The molecule has 1 aliphatic carbocycles. The van der Waals surface area contributed by atoms with Crippen LogP contribution in [0.4, 0.5) is 0 Å². The van der Waals surface area contributed by atoms with Gasteiger partial charge in [0.05, 0.1) is 0 Å². The minimum Gasteiger partial charge on any atom is -0.483 e. The van der Waals surface area contributed by atoms with Crippen molar-refractivity contribution in [2.24, 2.45) is 0 Å². The predicted molar refractivity (Wildman–Crippen MR) is 88.9 cm³/mol. The lowest BCUT2D eigenvalue weighted by molar-refractivity contribution is 0.0777. The Morgan fingerprint density at radius 1 is 1.23 bits per heavy atom. The first-order chi connectivity index (χ1) is 10.4.